The molecular weight excluding hydrogens is 216 g/mol. The second-order valence-corrected chi connectivity index (χ2v) is 4.23. The van der Waals surface area contributed by atoms with Crippen LogP contribution in [-0.2, 0) is 14.9 Å². The van der Waals surface area contributed by atoms with Gasteiger partial charge < -0.3 is 9.47 Å². The Morgan fingerprint density at radius 2 is 1.94 bits per heavy atom. The number of hydrogen-bond acceptors (Lipinski definition) is 3. The molecule has 1 saturated carbocycles. The molecular formula is C14H18O3. The van der Waals surface area contributed by atoms with E-state index in [1.54, 1.807) is 0 Å². The number of hydrogen-bond donors (Lipinski definition) is 0. The summed E-state index contributed by atoms with van der Waals surface area (Å²) in [6.07, 6.45) is 1.71. The van der Waals surface area contributed by atoms with Gasteiger partial charge in [-0.15, -0.1) is 0 Å². The molecule has 1 aliphatic rings. The largest absolute Gasteiger partial charge is 0.494 e. The van der Waals surface area contributed by atoms with E-state index in [-0.39, 0.29) is 5.97 Å². The van der Waals surface area contributed by atoms with Crippen molar-refractivity contribution >= 4 is 5.97 Å². The van der Waals surface area contributed by atoms with Gasteiger partial charge in [0.05, 0.1) is 18.6 Å². The Hall–Kier alpha value is -1.51. The molecule has 0 amide bonds. The molecule has 3 nitrogen and oxygen atoms in total. The maximum atomic E-state index is 12.0. The lowest BCUT2D eigenvalue weighted by molar-refractivity contribution is -0.146. The Labute approximate surface area is 102 Å². The van der Waals surface area contributed by atoms with Gasteiger partial charge in [0.2, 0.25) is 0 Å². The van der Waals surface area contributed by atoms with Gasteiger partial charge in [-0.3, -0.25) is 4.79 Å². The number of rotatable bonds is 5. The highest BCUT2D eigenvalue weighted by Gasteiger charge is 2.54. The van der Waals surface area contributed by atoms with Crippen LogP contribution in [0.15, 0.2) is 24.3 Å². The van der Waals surface area contributed by atoms with E-state index in [2.05, 4.69) is 0 Å². The van der Waals surface area contributed by atoms with Crippen molar-refractivity contribution in [2.75, 3.05) is 13.2 Å². The zero-order chi connectivity index (χ0) is 12.3. The van der Waals surface area contributed by atoms with Gasteiger partial charge in [0.1, 0.15) is 5.75 Å². The van der Waals surface area contributed by atoms with Crippen molar-refractivity contribution in [2.24, 2.45) is 0 Å². The molecule has 1 fully saturated rings. The van der Waals surface area contributed by atoms with Crippen molar-refractivity contribution < 1.29 is 14.3 Å². The number of benzene rings is 1. The lowest BCUT2D eigenvalue weighted by Crippen LogP contribution is -2.24. The molecule has 1 aliphatic carbocycles. The molecule has 17 heavy (non-hydrogen) atoms. The lowest BCUT2D eigenvalue weighted by atomic mass is 9.95. The molecule has 0 heterocycles. The van der Waals surface area contributed by atoms with Crippen LogP contribution >= 0.6 is 0 Å². The van der Waals surface area contributed by atoms with Gasteiger partial charge in [-0.1, -0.05) is 18.2 Å². The van der Waals surface area contributed by atoms with E-state index in [1.807, 2.05) is 38.1 Å². The highest BCUT2D eigenvalue weighted by molar-refractivity contribution is 5.87. The van der Waals surface area contributed by atoms with Crippen LogP contribution in [0, 0.1) is 0 Å². The minimum Gasteiger partial charge on any atom is -0.494 e. The predicted octanol–water partition coefficient (Wildman–Crippen LogP) is 2.68. The van der Waals surface area contributed by atoms with Crippen molar-refractivity contribution in [3.8, 4) is 5.75 Å². The standard InChI is InChI=1S/C14H18O3/c1-3-16-12-8-6-5-7-11(12)14(9-10-14)13(15)17-4-2/h5-8H,3-4,9-10H2,1-2H3. The van der Waals surface area contributed by atoms with Gasteiger partial charge in [-0.05, 0) is 32.8 Å². The summed E-state index contributed by atoms with van der Waals surface area (Å²) < 4.78 is 10.7. The minimum absolute atomic E-state index is 0.118. The van der Waals surface area contributed by atoms with Crippen LogP contribution in [0.4, 0.5) is 0 Å². The second kappa shape index (κ2) is 4.78. The highest BCUT2D eigenvalue weighted by Crippen LogP contribution is 2.52. The Morgan fingerprint density at radius 1 is 1.24 bits per heavy atom. The summed E-state index contributed by atoms with van der Waals surface area (Å²) in [7, 11) is 0. The molecule has 1 aromatic carbocycles. The van der Waals surface area contributed by atoms with Crippen LogP contribution in [0.3, 0.4) is 0 Å². The predicted molar refractivity (Wildman–Crippen MR) is 65.2 cm³/mol. The summed E-state index contributed by atoms with van der Waals surface area (Å²) in [4.78, 5) is 12.0. The van der Waals surface area contributed by atoms with Crippen molar-refractivity contribution in [1.82, 2.24) is 0 Å². The van der Waals surface area contributed by atoms with Gasteiger partial charge in [-0.25, -0.2) is 0 Å². The van der Waals surface area contributed by atoms with Crippen LogP contribution in [0.5, 0.6) is 5.75 Å². The van der Waals surface area contributed by atoms with E-state index in [0.29, 0.717) is 13.2 Å². The molecule has 1 aromatic rings. The molecule has 2 rings (SSSR count). The maximum Gasteiger partial charge on any atom is 0.316 e. The Morgan fingerprint density at radius 3 is 2.53 bits per heavy atom. The first-order chi connectivity index (χ1) is 8.24. The molecule has 3 heteroatoms. The fourth-order valence-electron chi connectivity index (χ4n) is 2.12. The second-order valence-electron chi connectivity index (χ2n) is 4.23. The Bertz CT molecular complexity index is 408. The van der Waals surface area contributed by atoms with Gasteiger partial charge in [-0.2, -0.15) is 0 Å². The monoisotopic (exact) mass is 234 g/mol. The van der Waals surface area contributed by atoms with Gasteiger partial charge >= 0.3 is 5.97 Å². The first-order valence-corrected chi connectivity index (χ1v) is 6.14. The summed E-state index contributed by atoms with van der Waals surface area (Å²) in [5.74, 6) is 0.688. The van der Waals surface area contributed by atoms with E-state index < -0.39 is 5.41 Å². The van der Waals surface area contributed by atoms with Crippen molar-refractivity contribution in [3.63, 3.8) is 0 Å². The summed E-state index contributed by atoms with van der Waals surface area (Å²) in [6.45, 7) is 4.82. The van der Waals surface area contributed by atoms with Gasteiger partial charge in [0.25, 0.3) is 0 Å². The van der Waals surface area contributed by atoms with Crippen molar-refractivity contribution in [2.45, 2.75) is 32.1 Å². The lowest BCUT2D eigenvalue weighted by Gasteiger charge is -2.17. The van der Waals surface area contributed by atoms with Crippen molar-refractivity contribution in [3.05, 3.63) is 29.8 Å². The molecule has 0 N–H and O–H groups in total. The van der Waals surface area contributed by atoms with Crippen LogP contribution < -0.4 is 4.74 Å². The number of ether oxygens (including phenoxy) is 2. The Kier molecular flexibility index (Phi) is 3.36. The van der Waals surface area contributed by atoms with E-state index in [4.69, 9.17) is 9.47 Å². The summed E-state index contributed by atoms with van der Waals surface area (Å²) in [6, 6.07) is 7.75. The van der Waals surface area contributed by atoms with Crippen LogP contribution in [-0.4, -0.2) is 19.2 Å². The summed E-state index contributed by atoms with van der Waals surface area (Å²) in [5.41, 5.74) is 0.530. The third-order valence-electron chi connectivity index (χ3n) is 3.12. The molecule has 0 aliphatic heterocycles. The fraction of sp³-hybridized carbons (Fsp3) is 0.500. The SMILES string of the molecule is CCOC(=O)C1(c2ccccc2OCC)CC1. The zero-order valence-electron chi connectivity index (χ0n) is 10.4. The zero-order valence-corrected chi connectivity index (χ0v) is 10.4. The van der Waals surface area contributed by atoms with E-state index in [9.17, 15) is 4.79 Å². The van der Waals surface area contributed by atoms with Crippen molar-refractivity contribution in [1.29, 1.82) is 0 Å². The molecule has 0 bridgehead atoms. The number of esters is 1. The maximum absolute atomic E-state index is 12.0. The topological polar surface area (TPSA) is 35.5 Å². The van der Waals surface area contributed by atoms with Crippen LogP contribution in [0.2, 0.25) is 0 Å². The average molecular weight is 234 g/mol. The molecule has 0 spiro atoms. The molecule has 0 radical (unpaired) electrons. The Balaban J connectivity index is 2.30. The molecule has 0 unspecified atom stereocenters. The highest BCUT2D eigenvalue weighted by atomic mass is 16.5. The van der Waals surface area contributed by atoms with Crippen LogP contribution in [0.25, 0.3) is 0 Å². The normalized spacial score (nSPS) is 16.4. The van der Waals surface area contributed by atoms with Gasteiger partial charge in [0, 0.05) is 5.56 Å². The third-order valence-corrected chi connectivity index (χ3v) is 3.12. The van der Waals surface area contributed by atoms with E-state index in [1.165, 1.54) is 0 Å². The third kappa shape index (κ3) is 2.14. The van der Waals surface area contributed by atoms with Gasteiger partial charge in [0.15, 0.2) is 0 Å². The average Bonchev–Trinajstić information content (AvgIpc) is 3.12. The first-order valence-electron chi connectivity index (χ1n) is 6.14. The first kappa shape index (κ1) is 12.0. The fourth-order valence-corrected chi connectivity index (χ4v) is 2.12. The number of para-hydroxylation sites is 1. The molecule has 0 saturated heterocycles. The minimum atomic E-state index is -0.443. The summed E-state index contributed by atoms with van der Waals surface area (Å²) >= 11 is 0. The smallest absolute Gasteiger partial charge is 0.316 e. The summed E-state index contributed by atoms with van der Waals surface area (Å²) in [5, 5.41) is 0. The quantitative estimate of drug-likeness (QED) is 0.735. The van der Waals surface area contributed by atoms with Crippen LogP contribution in [0.1, 0.15) is 32.3 Å². The molecule has 0 aromatic heterocycles. The van der Waals surface area contributed by atoms with E-state index in [0.717, 1.165) is 24.2 Å². The molecule has 92 valence electrons. The van der Waals surface area contributed by atoms with E-state index >= 15 is 0 Å². The molecule has 0 atom stereocenters. The number of carbonyl (C=O) groups is 1. The number of carbonyl (C=O) groups excluding carboxylic acids is 1.